The molecule has 0 fully saturated rings. The molecule has 7 nitrogen and oxygen atoms in total. The quantitative estimate of drug-likeness (QED) is 0.762. The van der Waals surface area contributed by atoms with E-state index in [9.17, 15) is 19.2 Å². The van der Waals surface area contributed by atoms with Gasteiger partial charge in [0.1, 0.15) is 0 Å². The van der Waals surface area contributed by atoms with Crippen LogP contribution in [0.25, 0.3) is 0 Å². The Morgan fingerprint density at radius 3 is 2.37 bits per heavy atom. The molecular weight excluding hydrogens is 346 g/mol. The van der Waals surface area contributed by atoms with Crippen LogP contribution in [0, 0.1) is 6.92 Å². The highest BCUT2D eigenvalue weighted by Gasteiger charge is 2.35. The molecule has 0 saturated carbocycles. The molecule has 0 bridgehead atoms. The number of benzene rings is 2. The highest BCUT2D eigenvalue weighted by molar-refractivity contribution is 6.21. The van der Waals surface area contributed by atoms with Crippen LogP contribution in [0.2, 0.25) is 0 Å². The van der Waals surface area contributed by atoms with Crippen LogP contribution >= 0.6 is 0 Å². The molecule has 0 atom stereocenters. The third kappa shape index (κ3) is 4.20. The zero-order chi connectivity index (χ0) is 19.4. The van der Waals surface area contributed by atoms with E-state index in [0.29, 0.717) is 16.8 Å². The largest absolute Gasteiger partial charge is 0.347 e. The fraction of sp³-hybridized carbons (Fsp3) is 0.200. The average Bonchev–Trinajstić information content (AvgIpc) is 2.89. The number of nitrogens with one attached hydrogen (secondary N) is 2. The van der Waals surface area contributed by atoms with Crippen molar-refractivity contribution >= 4 is 29.3 Å². The van der Waals surface area contributed by atoms with E-state index in [-0.39, 0.29) is 25.4 Å². The van der Waals surface area contributed by atoms with Crippen LogP contribution < -0.4 is 10.6 Å². The molecule has 7 heteroatoms. The number of aryl methyl sites for hydroxylation is 1. The van der Waals surface area contributed by atoms with Crippen LogP contribution in [0.1, 0.15) is 32.7 Å². The van der Waals surface area contributed by atoms with Crippen molar-refractivity contribution < 1.29 is 19.2 Å². The van der Waals surface area contributed by atoms with Crippen molar-refractivity contribution in [3.05, 3.63) is 65.2 Å². The molecule has 2 N–H and O–H groups in total. The zero-order valence-electron chi connectivity index (χ0n) is 14.8. The average molecular weight is 365 g/mol. The Labute approximate surface area is 156 Å². The van der Waals surface area contributed by atoms with Gasteiger partial charge in [0.05, 0.1) is 17.7 Å². The molecule has 0 aliphatic carbocycles. The molecule has 0 unspecified atom stereocenters. The van der Waals surface area contributed by atoms with Gasteiger partial charge in [-0.15, -0.1) is 0 Å². The minimum atomic E-state index is -0.411. The molecule has 0 spiro atoms. The normalized spacial score (nSPS) is 12.7. The Morgan fingerprint density at radius 1 is 0.926 bits per heavy atom. The number of para-hydroxylation sites is 1. The van der Waals surface area contributed by atoms with Crippen molar-refractivity contribution in [2.24, 2.45) is 0 Å². The number of hydrogen-bond acceptors (Lipinski definition) is 4. The van der Waals surface area contributed by atoms with Crippen molar-refractivity contribution in [3.63, 3.8) is 0 Å². The Morgan fingerprint density at radius 2 is 1.63 bits per heavy atom. The molecule has 138 valence electrons. The first-order valence-corrected chi connectivity index (χ1v) is 8.54. The summed E-state index contributed by atoms with van der Waals surface area (Å²) in [6.45, 7) is 1.63. The fourth-order valence-corrected chi connectivity index (χ4v) is 2.81. The Balaban J connectivity index is 1.48. The highest BCUT2D eigenvalue weighted by atomic mass is 16.2. The molecule has 1 aliphatic heterocycles. The van der Waals surface area contributed by atoms with Gasteiger partial charge in [0.15, 0.2) is 0 Å². The van der Waals surface area contributed by atoms with Crippen LogP contribution in [-0.4, -0.2) is 41.6 Å². The lowest BCUT2D eigenvalue weighted by Crippen LogP contribution is -2.37. The lowest BCUT2D eigenvalue weighted by Gasteiger charge is -2.13. The number of carbonyl (C=O) groups excluding carboxylic acids is 4. The van der Waals surface area contributed by atoms with Gasteiger partial charge in [-0.1, -0.05) is 29.8 Å². The first-order chi connectivity index (χ1) is 13.0. The van der Waals surface area contributed by atoms with Gasteiger partial charge in [-0.25, -0.2) is 0 Å². The number of hydrogen-bond donors (Lipinski definition) is 2. The lowest BCUT2D eigenvalue weighted by atomic mass is 10.1. The molecule has 0 saturated heterocycles. The number of imide groups is 1. The summed E-state index contributed by atoms with van der Waals surface area (Å²) in [7, 11) is 0. The van der Waals surface area contributed by atoms with Crippen LogP contribution in [-0.2, 0) is 9.59 Å². The van der Waals surface area contributed by atoms with Crippen LogP contribution in [0.4, 0.5) is 5.69 Å². The number of fused-ring (bicyclic) bond motifs is 1. The van der Waals surface area contributed by atoms with Crippen molar-refractivity contribution in [2.45, 2.75) is 13.3 Å². The molecule has 27 heavy (non-hydrogen) atoms. The topological polar surface area (TPSA) is 95.6 Å². The van der Waals surface area contributed by atoms with E-state index in [1.54, 1.807) is 42.5 Å². The van der Waals surface area contributed by atoms with Crippen molar-refractivity contribution in [1.29, 1.82) is 0 Å². The van der Waals surface area contributed by atoms with E-state index in [1.165, 1.54) is 0 Å². The van der Waals surface area contributed by atoms with Gasteiger partial charge in [-0.3, -0.25) is 24.1 Å². The highest BCUT2D eigenvalue weighted by Crippen LogP contribution is 2.23. The van der Waals surface area contributed by atoms with E-state index >= 15 is 0 Å². The summed E-state index contributed by atoms with van der Waals surface area (Å²) in [4.78, 5) is 49.5. The van der Waals surface area contributed by atoms with E-state index in [4.69, 9.17) is 0 Å². The number of anilines is 1. The zero-order valence-corrected chi connectivity index (χ0v) is 14.8. The monoisotopic (exact) mass is 365 g/mol. The first kappa shape index (κ1) is 18.3. The molecule has 3 rings (SSSR count). The standard InChI is InChI=1S/C20H19N3O4/c1-13-7-8-15-16(11-13)20(27)23(19(15)26)10-9-17(24)21-12-18(25)22-14-5-3-2-4-6-14/h2-8,11H,9-10,12H2,1H3,(H,21,24)(H,22,25). The van der Waals surface area contributed by atoms with Gasteiger partial charge in [-0.2, -0.15) is 0 Å². The third-order valence-corrected chi connectivity index (χ3v) is 4.19. The first-order valence-electron chi connectivity index (χ1n) is 8.54. The summed E-state index contributed by atoms with van der Waals surface area (Å²) < 4.78 is 0. The smallest absolute Gasteiger partial charge is 0.261 e. The molecule has 0 radical (unpaired) electrons. The van der Waals surface area contributed by atoms with E-state index in [1.807, 2.05) is 13.0 Å². The summed E-state index contributed by atoms with van der Waals surface area (Å²) in [5.41, 5.74) is 2.24. The Kier molecular flexibility index (Phi) is 5.30. The summed E-state index contributed by atoms with van der Waals surface area (Å²) >= 11 is 0. The number of carbonyl (C=O) groups is 4. The van der Waals surface area contributed by atoms with Gasteiger partial charge in [0.2, 0.25) is 11.8 Å². The number of rotatable bonds is 6. The predicted octanol–water partition coefficient (Wildman–Crippen LogP) is 1.74. The van der Waals surface area contributed by atoms with Gasteiger partial charge in [0.25, 0.3) is 11.8 Å². The van der Waals surface area contributed by atoms with Crippen molar-refractivity contribution in [2.75, 3.05) is 18.4 Å². The molecule has 1 aliphatic rings. The fourth-order valence-electron chi connectivity index (χ4n) is 2.81. The summed E-state index contributed by atoms with van der Waals surface area (Å²) in [6.07, 6.45) is -0.0664. The van der Waals surface area contributed by atoms with Crippen LogP contribution in [0.5, 0.6) is 0 Å². The van der Waals surface area contributed by atoms with Gasteiger partial charge < -0.3 is 10.6 Å². The van der Waals surface area contributed by atoms with E-state index in [0.717, 1.165) is 10.5 Å². The molecule has 1 heterocycles. The maximum atomic E-state index is 12.4. The van der Waals surface area contributed by atoms with Gasteiger partial charge in [0, 0.05) is 18.7 Å². The van der Waals surface area contributed by atoms with Gasteiger partial charge in [-0.05, 0) is 31.2 Å². The number of amides is 4. The van der Waals surface area contributed by atoms with Crippen molar-refractivity contribution in [1.82, 2.24) is 10.2 Å². The van der Waals surface area contributed by atoms with Crippen LogP contribution in [0.15, 0.2) is 48.5 Å². The maximum absolute atomic E-state index is 12.4. The SMILES string of the molecule is Cc1ccc2c(c1)C(=O)N(CCC(=O)NCC(=O)Nc1ccccc1)C2=O. The molecular formula is C20H19N3O4. The van der Waals surface area contributed by atoms with Gasteiger partial charge >= 0.3 is 0 Å². The number of nitrogens with zero attached hydrogens (tertiary/aromatic N) is 1. The molecule has 0 aromatic heterocycles. The second-order valence-corrected chi connectivity index (χ2v) is 6.25. The second kappa shape index (κ2) is 7.82. The minimum absolute atomic E-state index is 0.0302. The minimum Gasteiger partial charge on any atom is -0.347 e. The summed E-state index contributed by atoms with van der Waals surface area (Å²) in [5.74, 6) is -1.56. The lowest BCUT2D eigenvalue weighted by molar-refractivity contribution is -0.124. The predicted molar refractivity (Wildman–Crippen MR) is 99.2 cm³/mol. The maximum Gasteiger partial charge on any atom is 0.261 e. The van der Waals surface area contributed by atoms with E-state index < -0.39 is 17.7 Å². The second-order valence-electron chi connectivity index (χ2n) is 6.25. The Bertz CT molecular complexity index is 909. The van der Waals surface area contributed by atoms with Crippen molar-refractivity contribution in [3.8, 4) is 0 Å². The molecule has 4 amide bonds. The Hall–Kier alpha value is -3.48. The third-order valence-electron chi connectivity index (χ3n) is 4.19. The molecule has 2 aromatic rings. The summed E-state index contributed by atoms with van der Waals surface area (Å²) in [6, 6.07) is 14.0. The molecule has 2 aromatic carbocycles. The summed E-state index contributed by atoms with van der Waals surface area (Å²) in [5, 5.41) is 5.14. The van der Waals surface area contributed by atoms with E-state index in [2.05, 4.69) is 10.6 Å². The van der Waals surface area contributed by atoms with Crippen LogP contribution in [0.3, 0.4) is 0 Å².